The Bertz CT molecular complexity index is 485. The predicted octanol–water partition coefficient (Wildman–Crippen LogP) is 4.86. The predicted molar refractivity (Wildman–Crippen MR) is 75.0 cm³/mol. The van der Waals surface area contributed by atoms with Gasteiger partial charge in [0.1, 0.15) is 0 Å². The Morgan fingerprint density at radius 2 is 1.41 bits per heavy atom. The van der Waals surface area contributed by atoms with Crippen LogP contribution in [0, 0.1) is 0 Å². The van der Waals surface area contributed by atoms with E-state index < -0.39 is 0 Å². The lowest BCUT2D eigenvalue weighted by atomic mass is 10.0. The van der Waals surface area contributed by atoms with Crippen LogP contribution in [0.4, 0.5) is 0 Å². The molecule has 2 aromatic rings. The van der Waals surface area contributed by atoms with Crippen LogP contribution < -0.4 is 0 Å². The molecule has 0 heterocycles. The molecule has 0 unspecified atom stereocenters. The lowest BCUT2D eigenvalue weighted by Gasteiger charge is -2.03. The van der Waals surface area contributed by atoms with Gasteiger partial charge < -0.3 is 0 Å². The summed E-state index contributed by atoms with van der Waals surface area (Å²) in [5, 5.41) is 0. The minimum atomic E-state index is 1.03. The summed E-state index contributed by atoms with van der Waals surface area (Å²) in [5.41, 5.74) is 5.30. The smallest absolute Gasteiger partial charge is 0.00950 e. The summed E-state index contributed by atoms with van der Waals surface area (Å²) >= 11 is 0. The van der Waals surface area contributed by atoms with Crippen LogP contribution in [-0.4, -0.2) is 0 Å². The van der Waals surface area contributed by atoms with Gasteiger partial charge in [-0.1, -0.05) is 66.2 Å². The third-order valence-electron chi connectivity index (χ3n) is 2.81. The number of hydrogen-bond acceptors (Lipinski definition) is 0. The first kappa shape index (κ1) is 11.7. The summed E-state index contributed by atoms with van der Waals surface area (Å²) in [7, 11) is 0. The molecule has 17 heavy (non-hydrogen) atoms. The second kappa shape index (κ2) is 5.49. The third-order valence-corrected chi connectivity index (χ3v) is 2.81. The summed E-state index contributed by atoms with van der Waals surface area (Å²) in [6.07, 6.45) is 3.29. The highest BCUT2D eigenvalue weighted by molar-refractivity contribution is 5.63. The molecular weight excluding hydrogens is 204 g/mol. The molecule has 0 saturated carbocycles. The lowest BCUT2D eigenvalue weighted by Crippen LogP contribution is -1.83. The van der Waals surface area contributed by atoms with Gasteiger partial charge in [0.05, 0.1) is 0 Å². The van der Waals surface area contributed by atoms with Crippen LogP contribution in [0.25, 0.3) is 11.1 Å². The van der Waals surface area contributed by atoms with Crippen molar-refractivity contribution in [2.45, 2.75) is 20.3 Å². The van der Waals surface area contributed by atoms with E-state index in [4.69, 9.17) is 0 Å². The van der Waals surface area contributed by atoms with Gasteiger partial charge in [-0.3, -0.25) is 0 Å². The topological polar surface area (TPSA) is 0 Å². The summed E-state index contributed by atoms with van der Waals surface area (Å²) < 4.78 is 0. The Balaban J connectivity index is 2.16. The van der Waals surface area contributed by atoms with E-state index in [1.54, 1.807) is 0 Å². The zero-order chi connectivity index (χ0) is 12.1. The molecule has 0 N–H and O–H groups in total. The SMILES string of the molecule is CC(C)=CCc1ccc(-c2ccccc2)cc1. The average Bonchev–Trinajstić information content (AvgIpc) is 2.38. The van der Waals surface area contributed by atoms with Crippen molar-refractivity contribution in [3.05, 3.63) is 71.8 Å². The molecule has 0 aliphatic carbocycles. The Kier molecular flexibility index (Phi) is 3.77. The fourth-order valence-electron chi connectivity index (χ4n) is 1.79. The van der Waals surface area contributed by atoms with Gasteiger partial charge in [-0.05, 0) is 37.0 Å². The Morgan fingerprint density at radius 3 is 2.00 bits per heavy atom. The maximum absolute atomic E-state index is 2.26. The van der Waals surface area contributed by atoms with E-state index in [1.165, 1.54) is 22.3 Å². The van der Waals surface area contributed by atoms with Gasteiger partial charge in [0, 0.05) is 0 Å². The van der Waals surface area contributed by atoms with E-state index in [0.717, 1.165) is 6.42 Å². The molecule has 0 radical (unpaired) electrons. The molecule has 2 rings (SSSR count). The Morgan fingerprint density at radius 1 is 0.824 bits per heavy atom. The van der Waals surface area contributed by atoms with Crippen molar-refractivity contribution < 1.29 is 0 Å². The first-order valence-electron chi connectivity index (χ1n) is 6.03. The van der Waals surface area contributed by atoms with Gasteiger partial charge in [0.25, 0.3) is 0 Å². The van der Waals surface area contributed by atoms with Gasteiger partial charge in [0.15, 0.2) is 0 Å². The highest BCUT2D eigenvalue weighted by atomic mass is 14.0. The molecule has 0 saturated heterocycles. The van der Waals surface area contributed by atoms with Crippen LogP contribution in [0.1, 0.15) is 19.4 Å². The molecule has 0 bridgehead atoms. The van der Waals surface area contributed by atoms with Crippen LogP contribution in [0.15, 0.2) is 66.2 Å². The summed E-state index contributed by atoms with van der Waals surface area (Å²) in [5.74, 6) is 0. The van der Waals surface area contributed by atoms with Crippen LogP contribution in [0.5, 0.6) is 0 Å². The van der Waals surface area contributed by atoms with Crippen molar-refractivity contribution in [3.63, 3.8) is 0 Å². The van der Waals surface area contributed by atoms with Gasteiger partial charge >= 0.3 is 0 Å². The highest BCUT2D eigenvalue weighted by Crippen LogP contribution is 2.19. The molecule has 0 spiro atoms. The van der Waals surface area contributed by atoms with Crippen molar-refractivity contribution >= 4 is 0 Å². The molecule has 0 nitrogen and oxygen atoms in total. The molecule has 0 aliphatic heterocycles. The van der Waals surface area contributed by atoms with E-state index in [-0.39, 0.29) is 0 Å². The first-order chi connectivity index (χ1) is 8.25. The lowest BCUT2D eigenvalue weighted by molar-refractivity contribution is 1.21. The largest absolute Gasteiger partial charge is 0.0815 e. The summed E-state index contributed by atoms with van der Waals surface area (Å²) in [4.78, 5) is 0. The highest BCUT2D eigenvalue weighted by Gasteiger charge is 1.96. The quantitative estimate of drug-likeness (QED) is 0.650. The Labute approximate surface area is 104 Å². The van der Waals surface area contributed by atoms with Crippen molar-refractivity contribution in [2.75, 3.05) is 0 Å². The Hall–Kier alpha value is -1.82. The fraction of sp³-hybridized carbons (Fsp3) is 0.176. The van der Waals surface area contributed by atoms with Crippen LogP contribution in [-0.2, 0) is 6.42 Å². The molecule has 0 amide bonds. The van der Waals surface area contributed by atoms with E-state index in [1.807, 2.05) is 6.07 Å². The molecule has 0 aliphatic rings. The van der Waals surface area contributed by atoms with Crippen LogP contribution >= 0.6 is 0 Å². The third kappa shape index (κ3) is 3.32. The van der Waals surface area contributed by atoms with Gasteiger partial charge in [-0.25, -0.2) is 0 Å². The maximum Gasteiger partial charge on any atom is -0.00950 e. The second-order valence-corrected chi connectivity index (χ2v) is 4.55. The minimum absolute atomic E-state index is 1.03. The van der Waals surface area contributed by atoms with E-state index in [2.05, 4.69) is 68.5 Å². The first-order valence-corrected chi connectivity index (χ1v) is 6.03. The molecule has 0 heteroatoms. The monoisotopic (exact) mass is 222 g/mol. The molecule has 0 fully saturated rings. The summed E-state index contributed by atoms with van der Waals surface area (Å²) in [6, 6.07) is 19.3. The van der Waals surface area contributed by atoms with Crippen molar-refractivity contribution in [1.82, 2.24) is 0 Å². The van der Waals surface area contributed by atoms with E-state index in [9.17, 15) is 0 Å². The molecule has 0 aromatic heterocycles. The molecule has 2 aromatic carbocycles. The second-order valence-electron chi connectivity index (χ2n) is 4.55. The summed E-state index contributed by atoms with van der Waals surface area (Å²) in [6.45, 7) is 4.27. The van der Waals surface area contributed by atoms with Crippen molar-refractivity contribution in [1.29, 1.82) is 0 Å². The molecule has 0 atom stereocenters. The minimum Gasteiger partial charge on any atom is -0.0815 e. The van der Waals surface area contributed by atoms with Crippen molar-refractivity contribution in [2.24, 2.45) is 0 Å². The average molecular weight is 222 g/mol. The van der Waals surface area contributed by atoms with E-state index in [0.29, 0.717) is 0 Å². The molecular formula is C17H18. The normalized spacial score (nSPS) is 10.0. The van der Waals surface area contributed by atoms with Crippen molar-refractivity contribution in [3.8, 4) is 11.1 Å². The fourth-order valence-corrected chi connectivity index (χ4v) is 1.79. The standard InChI is InChI=1S/C17H18/c1-14(2)8-9-15-10-12-17(13-11-15)16-6-4-3-5-7-16/h3-8,10-13H,9H2,1-2H3. The number of benzene rings is 2. The zero-order valence-electron chi connectivity index (χ0n) is 10.5. The van der Waals surface area contributed by atoms with Gasteiger partial charge in [-0.15, -0.1) is 0 Å². The van der Waals surface area contributed by atoms with Gasteiger partial charge in [-0.2, -0.15) is 0 Å². The van der Waals surface area contributed by atoms with Gasteiger partial charge in [0.2, 0.25) is 0 Å². The zero-order valence-corrected chi connectivity index (χ0v) is 10.5. The maximum atomic E-state index is 2.26. The number of allylic oxidation sites excluding steroid dienone is 2. The number of hydrogen-bond donors (Lipinski definition) is 0. The van der Waals surface area contributed by atoms with Crippen LogP contribution in [0.3, 0.4) is 0 Å². The van der Waals surface area contributed by atoms with Crippen LogP contribution in [0.2, 0.25) is 0 Å². The number of rotatable bonds is 3. The molecule has 86 valence electrons. The van der Waals surface area contributed by atoms with E-state index >= 15 is 0 Å².